The fourth-order valence-corrected chi connectivity index (χ4v) is 18.1. The minimum atomic E-state index is -2.33. The summed E-state index contributed by atoms with van der Waals surface area (Å²) >= 11 is -2.33. The normalized spacial score (nSPS) is 10.8. The summed E-state index contributed by atoms with van der Waals surface area (Å²) in [7, 11) is 0. The number of aromatic nitrogens is 1. The molecular formula is C18H33NO3Sn. The van der Waals surface area contributed by atoms with Gasteiger partial charge in [-0.05, 0) is 0 Å². The van der Waals surface area contributed by atoms with Crippen molar-refractivity contribution >= 4 is 28.3 Å². The van der Waals surface area contributed by atoms with Crippen LogP contribution in [0.15, 0.2) is 10.6 Å². The molecule has 132 valence electrons. The van der Waals surface area contributed by atoms with Gasteiger partial charge in [0, 0.05) is 0 Å². The molecule has 1 rings (SSSR count). The Morgan fingerprint density at radius 2 is 1.39 bits per heavy atom. The average Bonchev–Trinajstić information content (AvgIpc) is 3.05. The SMILES string of the molecule is CCC[CH2][Sn]([CH2]CCC)([CH2]CCC)[c]1cc(CC)no1.O=C=O. The first-order chi connectivity index (χ1) is 11.1. The largest absolute Gasteiger partial charge is 0.373 e. The molecule has 0 aliphatic rings. The van der Waals surface area contributed by atoms with Crippen molar-refractivity contribution in [2.45, 2.75) is 86.0 Å². The van der Waals surface area contributed by atoms with Gasteiger partial charge in [-0.25, -0.2) is 0 Å². The maximum absolute atomic E-state index is 8.12. The maximum Gasteiger partial charge on any atom is 0.373 e. The van der Waals surface area contributed by atoms with E-state index in [0.29, 0.717) is 0 Å². The van der Waals surface area contributed by atoms with E-state index in [4.69, 9.17) is 14.1 Å². The van der Waals surface area contributed by atoms with E-state index in [0.717, 1.165) is 12.1 Å². The number of hydrogen-bond donors (Lipinski definition) is 0. The molecule has 0 atom stereocenters. The Bertz CT molecular complexity index is 417. The monoisotopic (exact) mass is 431 g/mol. The number of hydrogen-bond acceptors (Lipinski definition) is 4. The Morgan fingerprint density at radius 1 is 0.957 bits per heavy atom. The van der Waals surface area contributed by atoms with Crippen molar-refractivity contribution in [1.82, 2.24) is 5.16 Å². The van der Waals surface area contributed by atoms with Crippen LogP contribution in [0.4, 0.5) is 0 Å². The molecule has 0 amide bonds. The predicted molar refractivity (Wildman–Crippen MR) is 95.4 cm³/mol. The molecule has 0 aliphatic carbocycles. The van der Waals surface area contributed by atoms with Crippen LogP contribution in [0.3, 0.4) is 0 Å². The van der Waals surface area contributed by atoms with Crippen molar-refractivity contribution in [2.24, 2.45) is 0 Å². The van der Waals surface area contributed by atoms with Gasteiger partial charge in [-0.15, -0.1) is 0 Å². The van der Waals surface area contributed by atoms with Crippen LogP contribution in [0.2, 0.25) is 13.3 Å². The fraction of sp³-hybridized carbons (Fsp3) is 0.778. The van der Waals surface area contributed by atoms with Crippen LogP contribution in [0.1, 0.15) is 71.9 Å². The number of carbonyl (C=O) groups excluding carboxylic acids is 2. The Hall–Kier alpha value is -0.611. The molecule has 0 spiro atoms. The first-order valence-electron chi connectivity index (χ1n) is 9.09. The molecule has 5 heteroatoms. The summed E-state index contributed by atoms with van der Waals surface area (Å²) in [5.41, 5.74) is 1.16. The van der Waals surface area contributed by atoms with Crippen molar-refractivity contribution in [1.29, 1.82) is 0 Å². The topological polar surface area (TPSA) is 60.2 Å². The first-order valence-corrected chi connectivity index (χ1v) is 16.6. The van der Waals surface area contributed by atoms with Crippen molar-refractivity contribution in [3.8, 4) is 0 Å². The minimum absolute atomic E-state index is 0.250. The van der Waals surface area contributed by atoms with Crippen LogP contribution in [-0.2, 0) is 16.0 Å². The standard InChI is InChI=1S/C5H6NO.3C4H9.CO2.Sn/c1-2-5-3-4-7-6-5;3*1-3-4-2;2-1-3;/h3H,2H2,1H3;3*1,3-4H2,2H3;;. The van der Waals surface area contributed by atoms with E-state index in [-0.39, 0.29) is 6.15 Å². The van der Waals surface area contributed by atoms with Crippen molar-refractivity contribution in [3.05, 3.63) is 11.8 Å². The molecule has 23 heavy (non-hydrogen) atoms. The van der Waals surface area contributed by atoms with Gasteiger partial charge in [0.15, 0.2) is 0 Å². The summed E-state index contributed by atoms with van der Waals surface area (Å²) in [6.45, 7) is 9.11. The zero-order valence-corrected chi connectivity index (χ0v) is 18.2. The second-order valence-corrected chi connectivity index (χ2v) is 19.2. The van der Waals surface area contributed by atoms with Crippen LogP contribution in [0.25, 0.3) is 0 Å². The average molecular weight is 430 g/mol. The van der Waals surface area contributed by atoms with E-state index in [1.807, 2.05) is 0 Å². The summed E-state index contributed by atoms with van der Waals surface area (Å²) in [6.07, 6.45) is 9.33. The third-order valence-corrected chi connectivity index (χ3v) is 19.3. The molecule has 0 N–H and O–H groups in total. The summed E-state index contributed by atoms with van der Waals surface area (Å²) in [5.74, 6) is 0. The molecule has 1 heterocycles. The van der Waals surface area contributed by atoms with E-state index in [1.165, 1.54) is 55.6 Å². The number of aryl methyl sites for hydroxylation is 1. The van der Waals surface area contributed by atoms with E-state index in [1.54, 1.807) is 0 Å². The molecule has 0 unspecified atom stereocenters. The van der Waals surface area contributed by atoms with E-state index in [9.17, 15) is 0 Å². The number of nitrogens with zero attached hydrogens (tertiary/aromatic N) is 1. The summed E-state index contributed by atoms with van der Waals surface area (Å²) < 4.78 is 11.6. The first kappa shape index (κ1) is 22.4. The smallest absolute Gasteiger partial charge is 0.186 e. The Labute approximate surface area is 145 Å². The van der Waals surface area contributed by atoms with Crippen molar-refractivity contribution in [3.63, 3.8) is 0 Å². The van der Waals surface area contributed by atoms with Crippen LogP contribution in [0, 0.1) is 0 Å². The third-order valence-electron chi connectivity index (χ3n) is 4.47. The van der Waals surface area contributed by atoms with E-state index < -0.39 is 18.4 Å². The third kappa shape index (κ3) is 8.16. The molecule has 0 saturated heterocycles. The maximum atomic E-state index is 8.12. The summed E-state index contributed by atoms with van der Waals surface area (Å²) in [4.78, 5) is 16.2. The Balaban J connectivity index is 0.00000149. The zero-order valence-electron chi connectivity index (χ0n) is 15.3. The number of unbranched alkanes of at least 4 members (excludes halogenated alkanes) is 3. The second-order valence-electron chi connectivity index (χ2n) is 6.21. The molecule has 0 aliphatic heterocycles. The van der Waals surface area contributed by atoms with Gasteiger partial charge < -0.3 is 0 Å². The number of rotatable bonds is 11. The molecule has 1 aromatic rings. The second kappa shape index (κ2) is 13.8. The zero-order chi connectivity index (χ0) is 17.6. The minimum Gasteiger partial charge on any atom is -0.186 e. The molecule has 4 nitrogen and oxygen atoms in total. The van der Waals surface area contributed by atoms with Gasteiger partial charge >= 0.3 is 136 Å². The van der Waals surface area contributed by atoms with Gasteiger partial charge in [0.2, 0.25) is 0 Å². The fourth-order valence-electron chi connectivity index (χ4n) is 3.02. The quantitative estimate of drug-likeness (QED) is 0.478. The molecule has 0 fully saturated rings. The van der Waals surface area contributed by atoms with E-state index in [2.05, 4.69) is 38.9 Å². The Kier molecular flexibility index (Phi) is 13.4. The molecule has 0 saturated carbocycles. The predicted octanol–water partition coefficient (Wildman–Crippen LogP) is 4.71. The van der Waals surface area contributed by atoms with Crippen LogP contribution in [0.5, 0.6) is 0 Å². The van der Waals surface area contributed by atoms with Crippen LogP contribution < -0.4 is 3.78 Å². The molecular weight excluding hydrogens is 397 g/mol. The van der Waals surface area contributed by atoms with Gasteiger partial charge in [-0.3, -0.25) is 0 Å². The van der Waals surface area contributed by atoms with Crippen molar-refractivity contribution in [2.75, 3.05) is 0 Å². The van der Waals surface area contributed by atoms with Crippen LogP contribution >= 0.6 is 0 Å². The van der Waals surface area contributed by atoms with Gasteiger partial charge in [-0.2, -0.15) is 9.59 Å². The van der Waals surface area contributed by atoms with Gasteiger partial charge in [0.25, 0.3) is 0 Å². The van der Waals surface area contributed by atoms with Crippen LogP contribution in [-0.4, -0.2) is 29.7 Å². The van der Waals surface area contributed by atoms with Gasteiger partial charge in [0.1, 0.15) is 0 Å². The molecule has 0 bridgehead atoms. The Morgan fingerprint density at radius 3 is 1.70 bits per heavy atom. The summed E-state index contributed by atoms with van der Waals surface area (Å²) in [5, 5.41) is 4.30. The van der Waals surface area contributed by atoms with Crippen molar-refractivity contribution < 1.29 is 14.1 Å². The molecule has 1 aromatic heterocycles. The van der Waals surface area contributed by atoms with Gasteiger partial charge in [0.05, 0.1) is 0 Å². The summed E-state index contributed by atoms with van der Waals surface area (Å²) in [6, 6.07) is 2.32. The van der Waals surface area contributed by atoms with E-state index >= 15 is 0 Å². The van der Waals surface area contributed by atoms with Gasteiger partial charge in [-0.1, -0.05) is 0 Å². The molecule has 0 radical (unpaired) electrons. The molecule has 0 aromatic carbocycles.